The fraction of sp³-hybridized carbons (Fsp3) is 0.643. The molecule has 2 aliphatic heterocycles. The Morgan fingerprint density at radius 2 is 2.12 bits per heavy atom. The lowest BCUT2D eigenvalue weighted by molar-refractivity contribution is -0.162. The molecular formula is C14H21N2O7P. The molecule has 9 nitrogen and oxygen atoms in total. The van der Waals surface area contributed by atoms with Crippen LogP contribution in [0.2, 0.25) is 0 Å². The quantitative estimate of drug-likeness (QED) is 0.618. The van der Waals surface area contributed by atoms with Gasteiger partial charge < -0.3 is 29.5 Å². The summed E-state index contributed by atoms with van der Waals surface area (Å²) < 4.78 is 27.5. The number of nitrogens with zero attached hydrogens (tertiary/aromatic N) is 1. The van der Waals surface area contributed by atoms with Gasteiger partial charge in [-0.05, 0) is 20.3 Å². The zero-order chi connectivity index (χ0) is 17.7. The van der Waals surface area contributed by atoms with Gasteiger partial charge in [0.25, 0.3) is 5.91 Å². The van der Waals surface area contributed by atoms with Crippen LogP contribution >= 0.6 is 7.82 Å². The van der Waals surface area contributed by atoms with Crippen LogP contribution in [0.15, 0.2) is 24.7 Å². The van der Waals surface area contributed by atoms with Gasteiger partial charge in [0.05, 0.1) is 18.8 Å². The molecule has 1 saturated carbocycles. The van der Waals surface area contributed by atoms with E-state index in [0.717, 1.165) is 0 Å². The molecule has 10 heteroatoms. The van der Waals surface area contributed by atoms with E-state index in [4.69, 9.17) is 19.3 Å². The predicted octanol–water partition coefficient (Wildman–Crippen LogP) is 0.421. The summed E-state index contributed by atoms with van der Waals surface area (Å²) in [6.45, 7) is 7.27. The minimum atomic E-state index is -4.56. The average molecular weight is 360 g/mol. The molecule has 0 aromatic heterocycles. The van der Waals surface area contributed by atoms with Crippen LogP contribution in [-0.4, -0.2) is 51.2 Å². The number of hydrogen-bond donors (Lipinski definition) is 3. The Kier molecular flexibility index (Phi) is 4.36. The van der Waals surface area contributed by atoms with Crippen LogP contribution in [0.3, 0.4) is 0 Å². The van der Waals surface area contributed by atoms with Crippen molar-refractivity contribution in [1.82, 2.24) is 10.2 Å². The largest absolute Gasteiger partial charge is 0.469 e. The van der Waals surface area contributed by atoms with Crippen molar-refractivity contribution in [3.05, 3.63) is 24.7 Å². The molecule has 134 valence electrons. The molecule has 1 unspecified atom stereocenters. The minimum absolute atomic E-state index is 0.141. The zero-order valence-electron chi connectivity index (χ0n) is 13.4. The van der Waals surface area contributed by atoms with Gasteiger partial charge in [0, 0.05) is 18.2 Å². The second kappa shape index (κ2) is 5.94. The number of ether oxygens (including phenoxy) is 2. The fourth-order valence-corrected chi connectivity index (χ4v) is 3.87. The Morgan fingerprint density at radius 1 is 1.46 bits per heavy atom. The summed E-state index contributed by atoms with van der Waals surface area (Å²) >= 11 is 0. The van der Waals surface area contributed by atoms with Gasteiger partial charge in [-0.25, -0.2) is 4.57 Å². The zero-order valence-corrected chi connectivity index (χ0v) is 14.3. The fourth-order valence-electron chi connectivity index (χ4n) is 3.48. The first-order valence-corrected chi connectivity index (χ1v) is 9.11. The van der Waals surface area contributed by atoms with E-state index in [1.807, 2.05) is 0 Å². The molecule has 24 heavy (non-hydrogen) atoms. The third kappa shape index (κ3) is 3.56. The van der Waals surface area contributed by atoms with Crippen LogP contribution in [0.1, 0.15) is 20.3 Å². The molecule has 4 atom stereocenters. The Balaban J connectivity index is 1.80. The lowest BCUT2D eigenvalue weighted by atomic mass is 10.1. The number of phosphoric ester groups is 1. The first-order chi connectivity index (χ1) is 11.1. The van der Waals surface area contributed by atoms with Crippen LogP contribution in [0.5, 0.6) is 0 Å². The molecule has 3 rings (SSSR count). The van der Waals surface area contributed by atoms with Crippen LogP contribution in [0.4, 0.5) is 0 Å². The van der Waals surface area contributed by atoms with E-state index >= 15 is 0 Å². The van der Waals surface area contributed by atoms with Crippen molar-refractivity contribution in [2.75, 3.05) is 6.61 Å². The third-order valence-electron chi connectivity index (χ3n) is 4.33. The molecule has 0 radical (unpaired) electrons. The standard InChI is InChI=1S/C14H21N2O7P/c1-8-15-11(17)4-5-16(8)10-6-9(7-21-24(18,19)20)12-13(10)23-14(2,3)22-12/h4-5,9-10,12-13H,1,6-7H2,2-3H3,(H,15,17)(H2,18,19,20)/t9-,10-,12-,13?/m1/s1. The molecular weight excluding hydrogens is 339 g/mol. The first kappa shape index (κ1) is 17.6. The van der Waals surface area contributed by atoms with Gasteiger partial charge in [-0.2, -0.15) is 0 Å². The van der Waals surface area contributed by atoms with E-state index in [2.05, 4.69) is 16.4 Å². The number of hydrogen-bond acceptors (Lipinski definition) is 6. The van der Waals surface area contributed by atoms with Crippen LogP contribution in [-0.2, 0) is 23.4 Å². The molecule has 0 aromatic carbocycles. The van der Waals surface area contributed by atoms with Gasteiger partial charge in [-0.3, -0.25) is 9.32 Å². The SMILES string of the molecule is C=C1NC(=O)C=CN1[C@@H]1C[C@H](COP(=O)(O)O)[C@H]2OC(C)(C)OC12. The van der Waals surface area contributed by atoms with Crippen molar-refractivity contribution in [2.45, 2.75) is 44.3 Å². The van der Waals surface area contributed by atoms with Crippen LogP contribution < -0.4 is 5.32 Å². The van der Waals surface area contributed by atoms with Crippen LogP contribution in [0, 0.1) is 5.92 Å². The summed E-state index contributed by atoms with van der Waals surface area (Å²) in [6, 6.07) is -0.188. The summed E-state index contributed by atoms with van der Waals surface area (Å²) in [4.78, 5) is 31.1. The van der Waals surface area contributed by atoms with Gasteiger partial charge in [0.1, 0.15) is 11.9 Å². The van der Waals surface area contributed by atoms with Crippen molar-refractivity contribution >= 4 is 13.7 Å². The van der Waals surface area contributed by atoms with E-state index in [1.165, 1.54) is 6.08 Å². The van der Waals surface area contributed by atoms with Crippen molar-refractivity contribution in [3.8, 4) is 0 Å². The smallest absolute Gasteiger partial charge is 0.344 e. The lowest BCUT2D eigenvalue weighted by Gasteiger charge is -2.34. The Hall–Kier alpha value is -1.22. The molecule has 2 heterocycles. The van der Waals surface area contributed by atoms with Gasteiger partial charge in [0.2, 0.25) is 0 Å². The van der Waals surface area contributed by atoms with E-state index in [0.29, 0.717) is 12.2 Å². The monoisotopic (exact) mass is 360 g/mol. The summed E-state index contributed by atoms with van der Waals surface area (Å²) in [7, 11) is -4.56. The highest BCUT2D eigenvalue weighted by atomic mass is 31.2. The highest BCUT2D eigenvalue weighted by Crippen LogP contribution is 2.46. The van der Waals surface area contributed by atoms with Crippen molar-refractivity contribution in [2.24, 2.45) is 5.92 Å². The highest BCUT2D eigenvalue weighted by Gasteiger charge is 2.56. The van der Waals surface area contributed by atoms with Gasteiger partial charge in [-0.1, -0.05) is 6.58 Å². The first-order valence-electron chi connectivity index (χ1n) is 7.58. The highest BCUT2D eigenvalue weighted by molar-refractivity contribution is 7.46. The van der Waals surface area contributed by atoms with Gasteiger partial charge in [0.15, 0.2) is 5.79 Å². The summed E-state index contributed by atoms with van der Waals surface area (Å²) in [6.07, 6.45) is 2.84. The number of carbonyl (C=O) groups excluding carboxylic acids is 1. The molecule has 3 N–H and O–H groups in total. The predicted molar refractivity (Wildman–Crippen MR) is 82.0 cm³/mol. The van der Waals surface area contributed by atoms with Crippen molar-refractivity contribution in [1.29, 1.82) is 0 Å². The summed E-state index contributed by atoms with van der Waals surface area (Å²) in [5.74, 6) is -0.890. The topological polar surface area (TPSA) is 118 Å². The Morgan fingerprint density at radius 3 is 2.75 bits per heavy atom. The number of carbonyl (C=O) groups is 1. The molecule has 0 aromatic rings. The van der Waals surface area contributed by atoms with Crippen molar-refractivity contribution < 1.29 is 33.1 Å². The van der Waals surface area contributed by atoms with Crippen molar-refractivity contribution in [3.63, 3.8) is 0 Å². The second-order valence-electron chi connectivity index (χ2n) is 6.57. The molecule has 3 aliphatic rings. The van der Waals surface area contributed by atoms with Gasteiger partial charge in [-0.15, -0.1) is 0 Å². The lowest BCUT2D eigenvalue weighted by Crippen LogP contribution is -2.45. The number of phosphoric acid groups is 1. The maximum absolute atomic E-state index is 11.4. The average Bonchev–Trinajstić information content (AvgIpc) is 2.90. The number of fused-ring (bicyclic) bond motifs is 1. The third-order valence-corrected chi connectivity index (χ3v) is 4.82. The van der Waals surface area contributed by atoms with Gasteiger partial charge >= 0.3 is 7.82 Å². The summed E-state index contributed by atoms with van der Waals surface area (Å²) in [5.41, 5.74) is 0. The molecule has 0 spiro atoms. The van der Waals surface area contributed by atoms with E-state index < -0.39 is 13.6 Å². The molecule has 1 aliphatic carbocycles. The molecule has 0 bridgehead atoms. The number of rotatable bonds is 4. The van der Waals surface area contributed by atoms with E-state index in [9.17, 15) is 9.36 Å². The number of nitrogens with one attached hydrogen (secondary N) is 1. The molecule has 2 fully saturated rings. The summed E-state index contributed by atoms with van der Waals surface area (Å²) in [5, 5.41) is 2.63. The maximum Gasteiger partial charge on any atom is 0.469 e. The Labute approximate surface area is 139 Å². The minimum Gasteiger partial charge on any atom is -0.344 e. The molecule has 1 amide bonds. The number of amides is 1. The van der Waals surface area contributed by atoms with Crippen LogP contribution in [0.25, 0.3) is 0 Å². The maximum atomic E-state index is 11.4. The normalized spacial score (nSPS) is 35.2. The molecule has 1 saturated heterocycles. The van der Waals surface area contributed by atoms with E-state index in [-0.39, 0.29) is 36.7 Å². The second-order valence-corrected chi connectivity index (χ2v) is 7.81. The Bertz CT molecular complexity index is 629. The van der Waals surface area contributed by atoms with E-state index in [1.54, 1.807) is 24.9 Å².